The van der Waals surface area contributed by atoms with Gasteiger partial charge in [0.25, 0.3) is 10.2 Å². The molecule has 0 aromatic rings. The minimum Gasteiger partial charge on any atom is -0.199 e. The normalized spacial score (nSPS) is 20.8. The maximum atomic E-state index is 11.4. The van der Waals surface area contributed by atoms with E-state index < -0.39 is 10.2 Å². The highest BCUT2D eigenvalue weighted by atomic mass is 32.2. The summed E-state index contributed by atoms with van der Waals surface area (Å²) in [4.78, 5) is 0. The van der Waals surface area contributed by atoms with Crippen molar-refractivity contribution < 1.29 is 8.42 Å². The molecule has 0 spiro atoms. The average Bonchev–Trinajstić information content (AvgIpc) is 2.05. The number of hydrogen-bond acceptors (Lipinski definition) is 2. The van der Waals surface area contributed by atoms with Gasteiger partial charge in [0.2, 0.25) is 0 Å². The minimum atomic E-state index is -3.23. The van der Waals surface area contributed by atoms with Gasteiger partial charge in [-0.2, -0.15) is 17.4 Å². The second-order valence-corrected chi connectivity index (χ2v) is 5.46. The fourth-order valence-corrected chi connectivity index (χ4v) is 2.23. The molecule has 1 aliphatic rings. The summed E-state index contributed by atoms with van der Waals surface area (Å²) >= 11 is 0. The van der Waals surface area contributed by atoms with Crippen LogP contribution >= 0.6 is 0 Å². The summed E-state index contributed by atoms with van der Waals surface area (Å²) in [7, 11) is -0.150. The molecule has 0 amide bonds. The number of nitrogens with zero attached hydrogens (tertiary/aromatic N) is 1. The van der Waals surface area contributed by atoms with E-state index in [9.17, 15) is 8.42 Å². The molecule has 0 atom stereocenters. The fourth-order valence-electron chi connectivity index (χ4n) is 1.36. The molecule has 5 heteroatoms. The van der Waals surface area contributed by atoms with Crippen LogP contribution in [0, 0.1) is 6.42 Å². The van der Waals surface area contributed by atoms with Gasteiger partial charge in [0.15, 0.2) is 0 Å². The molecule has 4 nitrogen and oxygen atoms in total. The lowest BCUT2D eigenvalue weighted by Crippen LogP contribution is -2.42. The quantitative estimate of drug-likeness (QED) is 0.730. The zero-order valence-electron chi connectivity index (χ0n) is 8.16. The molecule has 0 saturated heterocycles. The largest absolute Gasteiger partial charge is 0.279 e. The van der Waals surface area contributed by atoms with Crippen molar-refractivity contribution in [2.24, 2.45) is 0 Å². The molecule has 0 unspecified atom stereocenters. The zero-order valence-corrected chi connectivity index (χ0v) is 8.97. The van der Waals surface area contributed by atoms with Crippen molar-refractivity contribution in [2.75, 3.05) is 14.1 Å². The summed E-state index contributed by atoms with van der Waals surface area (Å²) in [5, 5.41) is 0. The van der Waals surface area contributed by atoms with Crippen LogP contribution < -0.4 is 4.72 Å². The molecule has 1 saturated carbocycles. The topological polar surface area (TPSA) is 49.4 Å². The molecule has 0 bridgehead atoms. The Kier molecular flexibility index (Phi) is 3.70. The average molecular weight is 205 g/mol. The Morgan fingerprint density at radius 3 is 2.31 bits per heavy atom. The van der Waals surface area contributed by atoms with E-state index in [1.165, 1.54) is 18.4 Å². The van der Waals surface area contributed by atoms with E-state index in [-0.39, 0.29) is 6.04 Å². The highest BCUT2D eigenvalue weighted by Crippen LogP contribution is 2.17. The van der Waals surface area contributed by atoms with Crippen LogP contribution in [0.3, 0.4) is 0 Å². The van der Waals surface area contributed by atoms with E-state index in [1.54, 1.807) is 0 Å². The Balaban J connectivity index is 2.47. The fraction of sp³-hybridized carbons (Fsp3) is 0.875. The third kappa shape index (κ3) is 3.25. The van der Waals surface area contributed by atoms with Crippen LogP contribution in [0.25, 0.3) is 0 Å². The molecule has 1 rings (SSSR count). The van der Waals surface area contributed by atoms with Crippen LogP contribution in [0.2, 0.25) is 0 Å². The van der Waals surface area contributed by atoms with Gasteiger partial charge in [0, 0.05) is 20.1 Å². The van der Waals surface area contributed by atoms with Crippen LogP contribution in [0.5, 0.6) is 0 Å². The molecule has 1 fully saturated rings. The third-order valence-electron chi connectivity index (χ3n) is 2.23. The molecule has 1 radical (unpaired) electrons. The maximum Gasteiger partial charge on any atom is 0.279 e. The van der Waals surface area contributed by atoms with E-state index >= 15 is 0 Å². The first-order valence-corrected chi connectivity index (χ1v) is 5.98. The van der Waals surface area contributed by atoms with Gasteiger partial charge in [-0.05, 0) is 32.1 Å². The van der Waals surface area contributed by atoms with Crippen molar-refractivity contribution in [2.45, 2.75) is 31.7 Å². The lowest BCUT2D eigenvalue weighted by molar-refractivity contribution is 0.438. The van der Waals surface area contributed by atoms with E-state index in [1.807, 2.05) is 0 Å². The van der Waals surface area contributed by atoms with Crippen molar-refractivity contribution in [3.05, 3.63) is 6.42 Å². The molecule has 0 heterocycles. The lowest BCUT2D eigenvalue weighted by atomic mass is 9.96. The molecule has 1 aliphatic carbocycles. The van der Waals surface area contributed by atoms with Crippen molar-refractivity contribution >= 4 is 10.2 Å². The van der Waals surface area contributed by atoms with Crippen molar-refractivity contribution in [3.8, 4) is 0 Å². The van der Waals surface area contributed by atoms with Crippen LogP contribution in [-0.2, 0) is 10.2 Å². The Hall–Kier alpha value is -0.130. The summed E-state index contributed by atoms with van der Waals surface area (Å²) in [6.07, 6.45) is 6.09. The van der Waals surface area contributed by atoms with Gasteiger partial charge in [0.1, 0.15) is 0 Å². The molecule has 0 aliphatic heterocycles. The molecule has 0 aromatic carbocycles. The lowest BCUT2D eigenvalue weighted by Gasteiger charge is -2.24. The van der Waals surface area contributed by atoms with Crippen molar-refractivity contribution in [1.82, 2.24) is 9.03 Å². The molecular formula is C8H17N2O2S. The number of nitrogens with one attached hydrogen (secondary N) is 1. The second-order valence-electron chi connectivity index (χ2n) is 3.55. The van der Waals surface area contributed by atoms with Crippen LogP contribution in [-0.4, -0.2) is 32.9 Å². The van der Waals surface area contributed by atoms with Gasteiger partial charge in [0.05, 0.1) is 0 Å². The van der Waals surface area contributed by atoms with Gasteiger partial charge in [-0.3, -0.25) is 0 Å². The van der Waals surface area contributed by atoms with Gasteiger partial charge in [-0.25, -0.2) is 0 Å². The highest BCUT2D eigenvalue weighted by molar-refractivity contribution is 7.87. The SMILES string of the molecule is CN(C)S(=O)(=O)NC1CC[CH]CC1. The first kappa shape index (κ1) is 10.9. The minimum absolute atomic E-state index is 0.123. The molecular weight excluding hydrogens is 188 g/mol. The zero-order chi connectivity index (χ0) is 9.90. The van der Waals surface area contributed by atoms with Gasteiger partial charge >= 0.3 is 0 Å². The van der Waals surface area contributed by atoms with E-state index in [0.717, 1.165) is 25.7 Å². The smallest absolute Gasteiger partial charge is 0.199 e. The number of rotatable bonds is 3. The first-order chi connectivity index (χ1) is 6.02. The van der Waals surface area contributed by atoms with Crippen LogP contribution in [0.4, 0.5) is 0 Å². The van der Waals surface area contributed by atoms with Crippen LogP contribution in [0.1, 0.15) is 25.7 Å². The summed E-state index contributed by atoms with van der Waals surface area (Å²) in [6.45, 7) is 0. The first-order valence-electron chi connectivity index (χ1n) is 4.54. The van der Waals surface area contributed by atoms with Gasteiger partial charge in [-0.15, -0.1) is 0 Å². The van der Waals surface area contributed by atoms with E-state index in [4.69, 9.17) is 0 Å². The Bertz CT molecular complexity index is 243. The summed E-state index contributed by atoms with van der Waals surface area (Å²) < 4.78 is 26.7. The molecule has 0 aromatic heterocycles. The van der Waals surface area contributed by atoms with Gasteiger partial charge in [-0.1, -0.05) is 0 Å². The summed E-state index contributed by atoms with van der Waals surface area (Å²) in [5.74, 6) is 0. The Labute approximate surface area is 80.5 Å². The summed E-state index contributed by atoms with van der Waals surface area (Å²) in [5.41, 5.74) is 0. The predicted molar refractivity (Wildman–Crippen MR) is 52.3 cm³/mol. The monoisotopic (exact) mass is 205 g/mol. The molecule has 13 heavy (non-hydrogen) atoms. The van der Waals surface area contributed by atoms with E-state index in [0.29, 0.717) is 0 Å². The standard InChI is InChI=1S/C8H17N2O2S/c1-10(2)13(11,12)9-8-6-4-3-5-7-8/h3,8-9H,4-7H2,1-2H3. The molecule has 77 valence electrons. The summed E-state index contributed by atoms with van der Waals surface area (Å²) in [6, 6.07) is 0.123. The Morgan fingerprint density at radius 1 is 1.31 bits per heavy atom. The number of hydrogen-bond donors (Lipinski definition) is 1. The maximum absolute atomic E-state index is 11.4. The predicted octanol–water partition coefficient (Wildman–Crippen LogP) is 0.529. The van der Waals surface area contributed by atoms with Crippen molar-refractivity contribution in [1.29, 1.82) is 0 Å². The second kappa shape index (κ2) is 4.39. The highest BCUT2D eigenvalue weighted by Gasteiger charge is 2.21. The molecule has 1 N–H and O–H groups in total. The van der Waals surface area contributed by atoms with Crippen LogP contribution in [0.15, 0.2) is 0 Å². The third-order valence-corrected chi connectivity index (χ3v) is 3.83. The Morgan fingerprint density at radius 2 is 1.85 bits per heavy atom. The van der Waals surface area contributed by atoms with Gasteiger partial charge < -0.3 is 0 Å². The van der Waals surface area contributed by atoms with Crippen molar-refractivity contribution in [3.63, 3.8) is 0 Å². The van der Waals surface area contributed by atoms with E-state index in [2.05, 4.69) is 11.1 Å².